The fourth-order valence-electron chi connectivity index (χ4n) is 0.748. The van der Waals surface area contributed by atoms with Crippen molar-refractivity contribution in [2.75, 3.05) is 0 Å². The van der Waals surface area contributed by atoms with Gasteiger partial charge in [-0.05, 0) is 22.2 Å². The van der Waals surface area contributed by atoms with Crippen LogP contribution in [0.5, 0.6) is 0 Å². The number of halogens is 5. The van der Waals surface area contributed by atoms with Crippen molar-refractivity contribution in [3.63, 3.8) is 0 Å². The van der Waals surface area contributed by atoms with E-state index < -0.39 is 11.7 Å². The molecule has 0 saturated heterocycles. The van der Waals surface area contributed by atoms with E-state index >= 15 is 0 Å². The highest BCUT2D eigenvalue weighted by Gasteiger charge is 2.30. The molecule has 0 unspecified atom stereocenters. The van der Waals surface area contributed by atoms with Gasteiger partial charge >= 0.3 is 6.18 Å². The lowest BCUT2D eigenvalue weighted by Crippen LogP contribution is -2.11. The lowest BCUT2D eigenvalue weighted by Gasteiger charge is -2.16. The Kier molecular flexibility index (Phi) is 2.83. The van der Waals surface area contributed by atoms with Crippen molar-refractivity contribution in [3.8, 4) is 0 Å². The molecule has 3 radical (unpaired) electrons. The van der Waals surface area contributed by atoms with E-state index in [-0.39, 0.29) is 15.5 Å². The van der Waals surface area contributed by atoms with E-state index in [0.717, 1.165) is 12.1 Å². The van der Waals surface area contributed by atoms with Gasteiger partial charge in [0.2, 0.25) is 0 Å². The largest absolute Gasteiger partial charge is 0.576 e. The van der Waals surface area contributed by atoms with Gasteiger partial charge in [-0.15, -0.1) is 0 Å². The maximum atomic E-state index is 12.1. The molecule has 0 aromatic heterocycles. The monoisotopic (exact) mass is 224 g/mol. The summed E-state index contributed by atoms with van der Waals surface area (Å²) in [4.78, 5) is 0. The molecule has 1 rings (SSSR count). The third-order valence-electron chi connectivity index (χ3n) is 1.41. The summed E-state index contributed by atoms with van der Waals surface area (Å²) in [6.07, 6.45) is -4.46. The van der Waals surface area contributed by atoms with E-state index in [4.69, 9.17) is 31.0 Å². The number of hydrogen-bond donors (Lipinski definition) is 0. The molecule has 69 valence electrons. The quantitative estimate of drug-likeness (QED) is 0.595. The molecule has 0 amide bonds. The van der Waals surface area contributed by atoms with Crippen LogP contribution in [0.25, 0.3) is 0 Å². The molecule has 0 nitrogen and oxygen atoms in total. The summed E-state index contributed by atoms with van der Waals surface area (Å²) < 4.78 is 36.4. The van der Waals surface area contributed by atoms with Gasteiger partial charge in [0.1, 0.15) is 0 Å². The maximum Gasteiger partial charge on any atom is 0.416 e. The zero-order valence-electron chi connectivity index (χ0n) is 6.12. The van der Waals surface area contributed by atoms with Gasteiger partial charge in [0.15, 0.2) is 0 Å². The normalized spacial score (nSPS) is 11.8. The number of benzene rings is 1. The fraction of sp³-hybridized carbons (Fsp3) is 0.143. The third kappa shape index (κ3) is 2.32. The predicted molar refractivity (Wildman–Crippen MR) is 46.9 cm³/mol. The second kappa shape index (κ2) is 3.43. The summed E-state index contributed by atoms with van der Waals surface area (Å²) in [5.41, 5.74) is -0.951. The van der Waals surface area contributed by atoms with Crippen LogP contribution in [0.4, 0.5) is 13.2 Å². The van der Waals surface area contributed by atoms with Crippen molar-refractivity contribution in [2.24, 2.45) is 0 Å². The SMILES string of the molecule is [B-]c1c(Cl)cc(C(F)(F)F)cc1Cl. The molecule has 0 fully saturated rings. The van der Waals surface area contributed by atoms with Gasteiger partial charge in [-0.25, -0.2) is 0 Å². The Balaban J connectivity index is 3.29. The molecule has 0 aliphatic heterocycles. The Labute approximate surface area is 84.1 Å². The zero-order valence-corrected chi connectivity index (χ0v) is 7.63. The highest BCUT2D eigenvalue weighted by molar-refractivity contribution is 6.51. The molecule has 0 N–H and O–H groups in total. The topological polar surface area (TPSA) is 0 Å². The van der Waals surface area contributed by atoms with Crippen molar-refractivity contribution in [3.05, 3.63) is 27.7 Å². The first-order chi connectivity index (χ1) is 5.82. The van der Waals surface area contributed by atoms with E-state index in [2.05, 4.69) is 0 Å². The standard InChI is InChI=1S/C7H2BCl2F3/c8-6-4(9)1-3(2-5(6)10)7(11,12)13/h1-2H/q-1. The van der Waals surface area contributed by atoms with Gasteiger partial charge in [-0.3, -0.25) is 5.46 Å². The molecule has 0 bridgehead atoms. The summed E-state index contributed by atoms with van der Waals surface area (Å²) in [7, 11) is 5.26. The molecular weight excluding hydrogens is 223 g/mol. The molecule has 0 aliphatic rings. The Morgan fingerprint density at radius 1 is 1.08 bits per heavy atom. The van der Waals surface area contributed by atoms with E-state index in [1.165, 1.54) is 0 Å². The fourth-order valence-corrected chi connectivity index (χ4v) is 1.24. The summed E-state index contributed by atoms with van der Waals surface area (Å²) in [5, 5.41) is -0.389. The maximum absolute atomic E-state index is 12.1. The van der Waals surface area contributed by atoms with Crippen molar-refractivity contribution in [1.29, 1.82) is 0 Å². The van der Waals surface area contributed by atoms with Crippen LogP contribution < -0.4 is 5.46 Å². The van der Waals surface area contributed by atoms with Gasteiger partial charge in [0.25, 0.3) is 0 Å². The van der Waals surface area contributed by atoms with Crippen LogP contribution in [0.1, 0.15) is 5.56 Å². The predicted octanol–water partition coefficient (Wildman–Crippen LogP) is 2.81. The van der Waals surface area contributed by atoms with Gasteiger partial charge in [-0.1, -0.05) is 23.2 Å². The molecule has 1 aromatic carbocycles. The van der Waals surface area contributed by atoms with E-state index in [9.17, 15) is 13.2 Å². The lowest BCUT2D eigenvalue weighted by atomic mass is 9.95. The van der Waals surface area contributed by atoms with Crippen molar-refractivity contribution in [2.45, 2.75) is 6.18 Å². The van der Waals surface area contributed by atoms with Crippen molar-refractivity contribution >= 4 is 36.5 Å². The molecule has 0 aliphatic carbocycles. The average molecular weight is 225 g/mol. The molecule has 13 heavy (non-hydrogen) atoms. The molecule has 0 atom stereocenters. The Hall–Kier alpha value is -0.345. The van der Waals surface area contributed by atoms with Crippen LogP contribution in [0, 0.1) is 0 Å². The van der Waals surface area contributed by atoms with Crippen LogP contribution in [-0.2, 0) is 6.18 Å². The first-order valence-corrected chi connectivity index (χ1v) is 3.89. The molecule has 1 aromatic rings. The first-order valence-electron chi connectivity index (χ1n) is 3.14. The third-order valence-corrected chi connectivity index (χ3v) is 2.03. The first kappa shape index (κ1) is 10.7. The minimum atomic E-state index is -4.46. The second-order valence-electron chi connectivity index (χ2n) is 2.35. The van der Waals surface area contributed by atoms with E-state index in [0.29, 0.717) is 0 Å². The van der Waals surface area contributed by atoms with Crippen molar-refractivity contribution < 1.29 is 13.2 Å². The van der Waals surface area contributed by atoms with Crippen LogP contribution in [0.2, 0.25) is 10.0 Å². The summed E-state index contributed by atoms with van der Waals surface area (Å²) in [5.74, 6) is 0. The number of alkyl halides is 3. The average Bonchev–Trinajstić information content (AvgIpc) is 1.97. The Morgan fingerprint density at radius 3 is 1.77 bits per heavy atom. The van der Waals surface area contributed by atoms with Gasteiger partial charge < -0.3 is 7.85 Å². The smallest absolute Gasteiger partial charge is 0.416 e. The molecular formula is C7H2BCl2F3-. The van der Waals surface area contributed by atoms with Crippen LogP contribution in [0.15, 0.2) is 12.1 Å². The second-order valence-corrected chi connectivity index (χ2v) is 3.17. The number of rotatable bonds is 0. The summed E-state index contributed by atoms with van der Waals surface area (Å²) in [6, 6.07) is 1.48. The molecule has 0 spiro atoms. The molecule has 6 heteroatoms. The Morgan fingerprint density at radius 2 is 1.46 bits per heavy atom. The Bertz CT molecular complexity index is 312. The molecule has 0 saturated carbocycles. The minimum absolute atomic E-state index is 0.0451. The van der Waals surface area contributed by atoms with E-state index in [1.807, 2.05) is 0 Å². The van der Waals surface area contributed by atoms with Crippen LogP contribution in [0.3, 0.4) is 0 Å². The van der Waals surface area contributed by atoms with Gasteiger partial charge in [0.05, 0.1) is 5.56 Å². The number of hydrogen-bond acceptors (Lipinski definition) is 0. The van der Waals surface area contributed by atoms with Crippen LogP contribution >= 0.6 is 23.2 Å². The summed E-state index contributed by atoms with van der Waals surface area (Å²) in [6.45, 7) is 0. The highest BCUT2D eigenvalue weighted by atomic mass is 35.5. The van der Waals surface area contributed by atoms with Gasteiger partial charge in [0, 0.05) is 0 Å². The highest BCUT2D eigenvalue weighted by Crippen LogP contribution is 2.31. The minimum Gasteiger partial charge on any atom is -0.576 e. The molecule has 0 heterocycles. The lowest BCUT2D eigenvalue weighted by molar-refractivity contribution is -0.137. The van der Waals surface area contributed by atoms with Gasteiger partial charge in [-0.2, -0.15) is 13.2 Å². The van der Waals surface area contributed by atoms with E-state index in [1.54, 1.807) is 0 Å². The zero-order chi connectivity index (χ0) is 10.2. The van der Waals surface area contributed by atoms with Crippen molar-refractivity contribution in [1.82, 2.24) is 0 Å². The summed E-state index contributed by atoms with van der Waals surface area (Å²) >= 11 is 10.8. The van der Waals surface area contributed by atoms with Crippen LogP contribution in [-0.4, -0.2) is 7.85 Å².